The molecule has 1 aliphatic heterocycles. The molecule has 1 aliphatic rings. The van der Waals surface area contributed by atoms with Gasteiger partial charge in [-0.2, -0.15) is 0 Å². The van der Waals surface area contributed by atoms with Gasteiger partial charge in [-0.1, -0.05) is 40.2 Å². The molecule has 1 heterocycles. The molecule has 0 aromatic heterocycles. The fourth-order valence-electron chi connectivity index (χ4n) is 2.74. The minimum atomic E-state index is -0.872. The summed E-state index contributed by atoms with van der Waals surface area (Å²) in [5, 5.41) is 16.0. The summed E-state index contributed by atoms with van der Waals surface area (Å²) in [7, 11) is 0. The number of carbonyl (C=O) groups excluding carboxylic acids is 1. The van der Waals surface area contributed by atoms with Gasteiger partial charge in [0.25, 0.3) is 0 Å². The number of hydrogen-bond acceptors (Lipinski definition) is 7. The van der Waals surface area contributed by atoms with Crippen LogP contribution in [0, 0.1) is 0 Å². The number of ether oxygens (including phenoxy) is 2. The van der Waals surface area contributed by atoms with E-state index in [1.165, 1.54) is 0 Å². The number of benzene rings is 2. The van der Waals surface area contributed by atoms with Crippen molar-refractivity contribution in [3.8, 4) is 5.75 Å². The lowest BCUT2D eigenvalue weighted by Gasteiger charge is -2.21. The molecule has 0 N–H and O–H groups in total. The van der Waals surface area contributed by atoms with Crippen molar-refractivity contribution < 1.29 is 14.3 Å². The van der Waals surface area contributed by atoms with Gasteiger partial charge >= 0.3 is 5.97 Å². The number of halogens is 1. The maximum absolute atomic E-state index is 11.8. The van der Waals surface area contributed by atoms with E-state index < -0.39 is 17.2 Å². The minimum absolute atomic E-state index is 0.138. The summed E-state index contributed by atoms with van der Waals surface area (Å²) in [6.07, 6.45) is 0.503. The van der Waals surface area contributed by atoms with Crippen molar-refractivity contribution in [2.75, 3.05) is 6.61 Å². The molecule has 0 amide bonds. The minimum Gasteiger partial charge on any atom is -0.482 e. The third kappa shape index (κ3) is 5.22. The van der Waals surface area contributed by atoms with E-state index in [4.69, 9.17) is 9.47 Å². The van der Waals surface area contributed by atoms with Gasteiger partial charge in [0, 0.05) is 16.5 Å². The largest absolute Gasteiger partial charge is 0.482 e. The Labute approximate surface area is 172 Å². The molecule has 146 valence electrons. The summed E-state index contributed by atoms with van der Waals surface area (Å²) in [6, 6.07) is 15.2. The van der Waals surface area contributed by atoms with E-state index in [0.29, 0.717) is 12.2 Å². The van der Waals surface area contributed by atoms with Crippen molar-refractivity contribution in [1.82, 2.24) is 0 Å². The lowest BCUT2D eigenvalue weighted by Crippen LogP contribution is -2.27. The average Bonchev–Trinajstić information content (AvgIpc) is 3.09. The van der Waals surface area contributed by atoms with Crippen LogP contribution in [0.4, 0.5) is 0 Å². The molecule has 0 bridgehead atoms. The average molecular weight is 445 g/mol. The Hall–Kier alpha value is -2.61. The molecule has 0 atom stereocenters. The summed E-state index contributed by atoms with van der Waals surface area (Å²) < 4.78 is 11.7. The van der Waals surface area contributed by atoms with Gasteiger partial charge in [0.1, 0.15) is 11.4 Å². The third-order valence-electron chi connectivity index (χ3n) is 3.90. The summed E-state index contributed by atoms with van der Waals surface area (Å²) in [5.41, 5.74) is 0.486. The number of rotatable bonds is 6. The zero-order chi connectivity index (χ0) is 20.2. The lowest BCUT2D eigenvalue weighted by molar-refractivity contribution is -0.157. The summed E-state index contributed by atoms with van der Waals surface area (Å²) in [4.78, 5) is 11.8. The van der Waals surface area contributed by atoms with Crippen LogP contribution in [0.15, 0.2) is 73.7 Å². The first-order valence-electron chi connectivity index (χ1n) is 8.79. The van der Waals surface area contributed by atoms with Gasteiger partial charge in [-0.25, -0.2) is 4.79 Å². The molecule has 3 rings (SSSR count). The van der Waals surface area contributed by atoms with Crippen LogP contribution in [-0.2, 0) is 21.6 Å². The van der Waals surface area contributed by atoms with E-state index >= 15 is 0 Å². The van der Waals surface area contributed by atoms with Crippen molar-refractivity contribution >= 4 is 21.9 Å². The second kappa shape index (κ2) is 8.18. The smallest absolute Gasteiger partial charge is 0.344 e. The molecular weight excluding hydrogens is 424 g/mol. The van der Waals surface area contributed by atoms with Gasteiger partial charge in [0.2, 0.25) is 5.66 Å². The van der Waals surface area contributed by atoms with Crippen LogP contribution in [-0.4, -0.2) is 18.2 Å². The second-order valence-electron chi connectivity index (χ2n) is 7.40. The Bertz CT molecular complexity index is 892. The van der Waals surface area contributed by atoms with Crippen molar-refractivity contribution in [3.05, 3.63) is 64.1 Å². The van der Waals surface area contributed by atoms with Crippen LogP contribution in [0.2, 0.25) is 0 Å². The number of nitrogens with zero attached hydrogens (tertiary/aromatic N) is 4. The van der Waals surface area contributed by atoms with Crippen molar-refractivity contribution in [2.24, 2.45) is 20.7 Å². The van der Waals surface area contributed by atoms with Gasteiger partial charge in [0.05, 0.1) is 0 Å². The molecule has 8 heteroatoms. The van der Waals surface area contributed by atoms with Crippen LogP contribution in [0.1, 0.15) is 31.9 Å². The maximum atomic E-state index is 11.8. The van der Waals surface area contributed by atoms with E-state index in [1.54, 1.807) is 12.1 Å². The Kier molecular flexibility index (Phi) is 5.88. The molecule has 7 nitrogen and oxygen atoms in total. The predicted octanol–water partition coefficient (Wildman–Crippen LogP) is 5.40. The van der Waals surface area contributed by atoms with E-state index in [0.717, 1.165) is 15.6 Å². The number of carbonyl (C=O) groups is 1. The molecule has 0 unspecified atom stereocenters. The topological polar surface area (TPSA) is 85.0 Å². The van der Waals surface area contributed by atoms with Crippen LogP contribution in [0.3, 0.4) is 0 Å². The number of hydrogen-bond donors (Lipinski definition) is 0. The zero-order valence-electron chi connectivity index (χ0n) is 15.9. The summed E-state index contributed by atoms with van der Waals surface area (Å²) in [6.45, 7) is 5.32. The van der Waals surface area contributed by atoms with E-state index in [9.17, 15) is 4.79 Å². The van der Waals surface area contributed by atoms with Crippen LogP contribution in [0.5, 0.6) is 5.75 Å². The molecular formula is C20H21BrN4O3. The second-order valence-corrected chi connectivity index (χ2v) is 8.32. The van der Waals surface area contributed by atoms with Crippen LogP contribution < -0.4 is 4.74 Å². The highest BCUT2D eigenvalue weighted by molar-refractivity contribution is 9.10. The predicted molar refractivity (Wildman–Crippen MR) is 107 cm³/mol. The molecule has 0 fully saturated rings. The fraction of sp³-hybridized carbons (Fsp3) is 0.350. The van der Waals surface area contributed by atoms with E-state index in [-0.39, 0.29) is 6.61 Å². The fourth-order valence-corrected chi connectivity index (χ4v) is 3.13. The Balaban J connectivity index is 1.67. The van der Waals surface area contributed by atoms with E-state index in [2.05, 4.69) is 36.6 Å². The van der Waals surface area contributed by atoms with Crippen molar-refractivity contribution in [3.63, 3.8) is 0 Å². The Morgan fingerprint density at radius 1 is 1.07 bits per heavy atom. The van der Waals surface area contributed by atoms with Crippen molar-refractivity contribution in [2.45, 2.75) is 38.5 Å². The Morgan fingerprint density at radius 2 is 1.75 bits per heavy atom. The molecule has 0 aliphatic carbocycles. The summed E-state index contributed by atoms with van der Waals surface area (Å²) >= 11 is 3.48. The van der Waals surface area contributed by atoms with Gasteiger partial charge in [0.15, 0.2) is 6.61 Å². The standard InChI is InChI=1S/C20H21BrN4O3/c1-19(2,3)28-18(26)13-27-17-9-7-14(8-10-17)12-20(22-24-25-23-20)15-5-4-6-16(21)11-15/h4-11H,12-13H2,1-3H3. The molecule has 28 heavy (non-hydrogen) atoms. The number of esters is 1. The van der Waals surface area contributed by atoms with Gasteiger partial charge < -0.3 is 9.47 Å². The SMILES string of the molecule is CC(C)(C)OC(=O)COc1ccc(CC2(c3cccc(Br)c3)N=NN=N2)cc1. The zero-order valence-corrected chi connectivity index (χ0v) is 17.5. The molecule has 0 radical (unpaired) electrons. The monoisotopic (exact) mass is 444 g/mol. The maximum Gasteiger partial charge on any atom is 0.344 e. The molecule has 2 aromatic carbocycles. The quantitative estimate of drug-likeness (QED) is 0.558. The van der Waals surface area contributed by atoms with Crippen LogP contribution >= 0.6 is 15.9 Å². The van der Waals surface area contributed by atoms with Crippen LogP contribution in [0.25, 0.3) is 0 Å². The highest BCUT2D eigenvalue weighted by atomic mass is 79.9. The first kappa shape index (κ1) is 20.1. The molecule has 0 spiro atoms. The Morgan fingerprint density at radius 3 is 2.36 bits per heavy atom. The van der Waals surface area contributed by atoms with Gasteiger partial charge in [-0.3, -0.25) is 0 Å². The first-order chi connectivity index (χ1) is 13.3. The highest BCUT2D eigenvalue weighted by Crippen LogP contribution is 2.37. The molecule has 2 aromatic rings. The van der Waals surface area contributed by atoms with Gasteiger partial charge in [-0.05, 0) is 61.0 Å². The van der Waals surface area contributed by atoms with E-state index in [1.807, 2.05) is 57.2 Å². The normalized spacial score (nSPS) is 14.9. The van der Waals surface area contributed by atoms with Gasteiger partial charge in [-0.15, -0.1) is 10.2 Å². The lowest BCUT2D eigenvalue weighted by atomic mass is 9.93. The summed E-state index contributed by atoms with van der Waals surface area (Å²) in [5.74, 6) is 0.178. The molecule has 0 saturated heterocycles. The molecule has 0 saturated carbocycles. The highest BCUT2D eigenvalue weighted by Gasteiger charge is 2.36. The van der Waals surface area contributed by atoms with Crippen molar-refractivity contribution in [1.29, 1.82) is 0 Å². The first-order valence-corrected chi connectivity index (χ1v) is 9.59. The third-order valence-corrected chi connectivity index (χ3v) is 4.39.